The molecule has 4 rings (SSSR count). The second-order valence-electron chi connectivity index (χ2n) is 13.8. The Bertz CT molecular complexity index is 1100. The zero-order valence-electron chi connectivity index (χ0n) is 24.3. The summed E-state index contributed by atoms with van der Waals surface area (Å²) in [4.78, 5) is 19.9. The number of fused-ring (bicyclic) bond motifs is 3. The molecule has 0 unspecified atom stereocenters. The Labute approximate surface area is 225 Å². The molecule has 0 spiro atoms. The van der Waals surface area contributed by atoms with Gasteiger partial charge in [-0.3, -0.25) is 4.79 Å². The number of hydrogen-bond donors (Lipinski definition) is 1. The molecule has 0 radical (unpaired) electrons. The minimum atomic E-state index is -1.72. The maximum atomic E-state index is 12.8. The summed E-state index contributed by atoms with van der Waals surface area (Å²) in [6.45, 7) is 21.4. The number of amides is 1. The maximum absolute atomic E-state index is 12.8. The standard InChI is InChI=1S/C28H48N4O3Si2/c1-28(2,3)37(7,8)35-18-21-9-11-22(12-10-21)32-19-30-27(33)24-17-29-26-23(25(24)32)13-14-31(26)20-34-15-16-36(4,5)6/h13-14,17,21-22H,9-12,15-16,18-20H2,1-8H3,(H,30,33). The number of pyridine rings is 1. The number of hydrogen-bond acceptors (Lipinski definition) is 5. The zero-order chi connectivity index (χ0) is 27.0. The molecule has 0 bridgehead atoms. The summed E-state index contributed by atoms with van der Waals surface area (Å²) in [6, 6.07) is 3.66. The van der Waals surface area contributed by atoms with E-state index in [2.05, 4.69) is 79.3 Å². The summed E-state index contributed by atoms with van der Waals surface area (Å²) < 4.78 is 14.6. The van der Waals surface area contributed by atoms with Crippen LogP contribution >= 0.6 is 0 Å². The van der Waals surface area contributed by atoms with Crippen LogP contribution < -0.4 is 10.2 Å². The van der Waals surface area contributed by atoms with Crippen LogP contribution in [0.3, 0.4) is 0 Å². The van der Waals surface area contributed by atoms with Gasteiger partial charge in [-0.15, -0.1) is 0 Å². The van der Waals surface area contributed by atoms with E-state index in [0.29, 0.717) is 30.9 Å². The lowest BCUT2D eigenvalue weighted by atomic mass is 9.85. The van der Waals surface area contributed by atoms with E-state index in [1.165, 1.54) is 12.8 Å². The Hall–Kier alpha value is -1.69. The molecule has 37 heavy (non-hydrogen) atoms. The molecule has 9 heteroatoms. The van der Waals surface area contributed by atoms with Gasteiger partial charge in [0, 0.05) is 45.1 Å². The summed E-state index contributed by atoms with van der Waals surface area (Å²) in [5.41, 5.74) is 2.61. The first-order valence-electron chi connectivity index (χ1n) is 14.0. The Morgan fingerprint density at radius 3 is 2.46 bits per heavy atom. The lowest BCUT2D eigenvalue weighted by molar-refractivity contribution is 0.0899. The third kappa shape index (κ3) is 6.49. The van der Waals surface area contributed by atoms with Crippen molar-refractivity contribution >= 4 is 39.0 Å². The number of carbonyl (C=O) groups excluding carboxylic acids is 1. The molecule has 7 nitrogen and oxygen atoms in total. The molecular weight excluding hydrogens is 497 g/mol. The van der Waals surface area contributed by atoms with Crippen molar-refractivity contribution in [1.29, 1.82) is 0 Å². The van der Waals surface area contributed by atoms with Crippen molar-refractivity contribution in [2.75, 3.05) is 24.8 Å². The molecule has 3 heterocycles. The van der Waals surface area contributed by atoms with Crippen LogP contribution in [0, 0.1) is 5.92 Å². The fraction of sp³-hybridized carbons (Fsp3) is 0.714. The fourth-order valence-corrected chi connectivity index (χ4v) is 6.90. The molecule has 2 aromatic rings. The van der Waals surface area contributed by atoms with Crippen molar-refractivity contribution in [3.8, 4) is 0 Å². The summed E-state index contributed by atoms with van der Waals surface area (Å²) >= 11 is 0. The summed E-state index contributed by atoms with van der Waals surface area (Å²) in [5.74, 6) is 0.590. The number of anilines is 1. The number of ether oxygens (including phenoxy) is 1. The van der Waals surface area contributed by atoms with Crippen LogP contribution in [0.4, 0.5) is 5.69 Å². The third-order valence-corrected chi connectivity index (χ3v) is 14.9. The fourth-order valence-electron chi connectivity index (χ4n) is 5.05. The monoisotopic (exact) mass is 544 g/mol. The van der Waals surface area contributed by atoms with Gasteiger partial charge in [0.15, 0.2) is 8.32 Å². The van der Waals surface area contributed by atoms with E-state index in [4.69, 9.17) is 9.16 Å². The molecule has 2 aromatic heterocycles. The highest BCUT2D eigenvalue weighted by Gasteiger charge is 2.38. The van der Waals surface area contributed by atoms with E-state index in [1.54, 1.807) is 6.20 Å². The lowest BCUT2D eigenvalue weighted by Crippen LogP contribution is -2.50. The molecule has 1 aliphatic carbocycles. The maximum Gasteiger partial charge on any atom is 0.256 e. The van der Waals surface area contributed by atoms with Crippen LogP contribution in [-0.2, 0) is 15.9 Å². The highest BCUT2D eigenvalue weighted by molar-refractivity contribution is 6.76. The van der Waals surface area contributed by atoms with E-state index in [1.807, 2.05) is 6.20 Å². The first-order chi connectivity index (χ1) is 17.3. The minimum Gasteiger partial charge on any atom is -0.417 e. The Kier molecular flexibility index (Phi) is 8.29. The smallest absolute Gasteiger partial charge is 0.256 e. The molecule has 0 aromatic carbocycles. The average molecular weight is 545 g/mol. The van der Waals surface area contributed by atoms with Gasteiger partial charge in [0.1, 0.15) is 12.4 Å². The van der Waals surface area contributed by atoms with Gasteiger partial charge in [-0.05, 0) is 61.8 Å². The van der Waals surface area contributed by atoms with Gasteiger partial charge in [0.2, 0.25) is 0 Å². The first kappa shape index (κ1) is 28.3. The van der Waals surface area contributed by atoms with Crippen LogP contribution in [0.2, 0.25) is 43.8 Å². The Balaban J connectivity index is 1.45. The zero-order valence-corrected chi connectivity index (χ0v) is 26.3. The van der Waals surface area contributed by atoms with Gasteiger partial charge >= 0.3 is 0 Å². The number of rotatable bonds is 9. The molecule has 1 fully saturated rings. The van der Waals surface area contributed by atoms with E-state index < -0.39 is 16.4 Å². The largest absolute Gasteiger partial charge is 0.417 e. The highest BCUT2D eigenvalue weighted by atomic mass is 28.4. The molecular formula is C28H48N4O3Si2. The van der Waals surface area contributed by atoms with Crippen LogP contribution in [-0.4, -0.2) is 57.8 Å². The van der Waals surface area contributed by atoms with Crippen LogP contribution in [0.25, 0.3) is 11.0 Å². The van der Waals surface area contributed by atoms with Crippen molar-refractivity contribution in [3.63, 3.8) is 0 Å². The quantitative estimate of drug-likeness (QED) is 0.291. The molecule has 1 N–H and O–H groups in total. The van der Waals surface area contributed by atoms with Crippen molar-refractivity contribution in [2.45, 2.75) is 103 Å². The summed E-state index contributed by atoms with van der Waals surface area (Å²) in [7, 11) is -2.84. The van der Waals surface area contributed by atoms with Crippen LogP contribution in [0.15, 0.2) is 18.5 Å². The van der Waals surface area contributed by atoms with Crippen molar-refractivity contribution in [1.82, 2.24) is 14.9 Å². The molecule has 1 amide bonds. The van der Waals surface area contributed by atoms with Gasteiger partial charge in [0.25, 0.3) is 5.91 Å². The van der Waals surface area contributed by atoms with Crippen molar-refractivity contribution in [3.05, 3.63) is 24.0 Å². The predicted molar refractivity (Wildman–Crippen MR) is 158 cm³/mol. The first-order valence-corrected chi connectivity index (χ1v) is 20.6. The highest BCUT2D eigenvalue weighted by Crippen LogP contribution is 2.40. The third-order valence-electron chi connectivity index (χ3n) is 8.67. The van der Waals surface area contributed by atoms with Crippen LogP contribution in [0.5, 0.6) is 0 Å². The Morgan fingerprint density at radius 1 is 1.11 bits per heavy atom. The van der Waals surface area contributed by atoms with Crippen molar-refractivity contribution < 1.29 is 14.0 Å². The normalized spacial score (nSPS) is 21.3. The SMILES string of the molecule is CC(C)(C)[Si](C)(C)OCC1CCC(N2CNC(=O)c3cnc4c(ccn4COCC[Si](C)(C)C)c32)CC1. The number of carbonyl (C=O) groups is 1. The van der Waals surface area contributed by atoms with Crippen molar-refractivity contribution in [2.24, 2.45) is 5.92 Å². The predicted octanol–water partition coefficient (Wildman–Crippen LogP) is 6.44. The van der Waals surface area contributed by atoms with Gasteiger partial charge in [-0.25, -0.2) is 4.98 Å². The van der Waals surface area contributed by atoms with Gasteiger partial charge < -0.3 is 23.9 Å². The molecule has 1 saturated carbocycles. The van der Waals surface area contributed by atoms with Gasteiger partial charge in [0.05, 0.1) is 17.9 Å². The topological polar surface area (TPSA) is 68.6 Å². The molecule has 206 valence electrons. The average Bonchev–Trinajstić information content (AvgIpc) is 3.23. The summed E-state index contributed by atoms with van der Waals surface area (Å²) in [5, 5.41) is 4.38. The van der Waals surface area contributed by atoms with E-state index in [9.17, 15) is 4.79 Å². The second-order valence-corrected chi connectivity index (χ2v) is 24.2. The molecule has 0 saturated heterocycles. The second kappa shape index (κ2) is 10.8. The number of nitrogens with zero attached hydrogens (tertiary/aromatic N) is 3. The van der Waals surface area contributed by atoms with E-state index in [-0.39, 0.29) is 10.9 Å². The van der Waals surface area contributed by atoms with Gasteiger partial charge in [-0.2, -0.15) is 0 Å². The minimum absolute atomic E-state index is 0.0313. The Morgan fingerprint density at radius 2 is 1.81 bits per heavy atom. The molecule has 2 aliphatic rings. The van der Waals surface area contributed by atoms with Crippen LogP contribution in [0.1, 0.15) is 56.8 Å². The lowest BCUT2D eigenvalue weighted by Gasteiger charge is -2.42. The van der Waals surface area contributed by atoms with Gasteiger partial charge in [-0.1, -0.05) is 40.4 Å². The number of nitrogens with one attached hydrogen (secondary N) is 1. The van der Waals surface area contributed by atoms with E-state index >= 15 is 0 Å². The van der Waals surface area contributed by atoms with E-state index in [0.717, 1.165) is 48.8 Å². The summed E-state index contributed by atoms with van der Waals surface area (Å²) in [6.07, 6.45) is 8.36. The molecule has 0 atom stereocenters. The number of aromatic nitrogens is 2. The molecule has 1 aliphatic heterocycles.